The van der Waals surface area contributed by atoms with Gasteiger partial charge in [-0.05, 0) is 136 Å². The number of furan rings is 1. The van der Waals surface area contributed by atoms with E-state index in [2.05, 4.69) is 26.6 Å². The first kappa shape index (κ1) is 47.7. The maximum Gasteiger partial charge on any atom is 0.408 e. The number of rotatable bonds is 13. The molecule has 0 unspecified atom stereocenters. The molecule has 0 bridgehead atoms. The highest BCUT2D eigenvalue weighted by Crippen LogP contribution is 2.39. The Morgan fingerprint density at radius 3 is 1.94 bits per heavy atom. The zero-order valence-corrected chi connectivity index (χ0v) is 39.8. The van der Waals surface area contributed by atoms with Gasteiger partial charge in [0, 0.05) is 36.1 Å². The lowest BCUT2D eigenvalue weighted by atomic mass is 9.93. The molecule has 66 heavy (non-hydrogen) atoms. The van der Waals surface area contributed by atoms with Gasteiger partial charge >= 0.3 is 12.1 Å². The molecule has 3 heterocycles. The number of carbonyl (C=O) groups excluding carboxylic acids is 6. The molecule has 346 valence electrons. The highest BCUT2D eigenvalue weighted by atomic mass is 79.9. The second kappa shape index (κ2) is 20.1. The first-order valence-electron chi connectivity index (χ1n) is 22.4. The minimum Gasteiger partial charge on any atom is -0.460 e. The van der Waals surface area contributed by atoms with Crippen LogP contribution in [0.2, 0.25) is 0 Å². The van der Waals surface area contributed by atoms with Crippen molar-refractivity contribution in [3.05, 3.63) is 124 Å². The van der Waals surface area contributed by atoms with Crippen molar-refractivity contribution in [2.75, 3.05) is 18.4 Å². The summed E-state index contributed by atoms with van der Waals surface area (Å²) in [6, 6.07) is 28.4. The van der Waals surface area contributed by atoms with Crippen LogP contribution in [-0.2, 0) is 39.9 Å². The summed E-state index contributed by atoms with van der Waals surface area (Å²) >= 11 is 3.73. The first-order chi connectivity index (χ1) is 31.3. The van der Waals surface area contributed by atoms with Crippen LogP contribution >= 0.6 is 15.9 Å². The van der Waals surface area contributed by atoms with Crippen LogP contribution < -0.4 is 10.6 Å². The van der Waals surface area contributed by atoms with Crippen LogP contribution in [0.15, 0.2) is 112 Å². The Balaban J connectivity index is 1.01. The molecule has 0 saturated carbocycles. The molecule has 0 radical (unpaired) electrons. The quantitative estimate of drug-likeness (QED) is 0.109. The molecule has 1 aromatic heterocycles. The summed E-state index contributed by atoms with van der Waals surface area (Å²) < 4.78 is 18.0. The number of amides is 4. The zero-order valence-electron chi connectivity index (χ0n) is 38.2. The summed E-state index contributed by atoms with van der Waals surface area (Å²) in [6.07, 6.45) is 1.52. The van der Waals surface area contributed by atoms with Gasteiger partial charge in [-0.1, -0.05) is 66.7 Å². The predicted octanol–water partition coefficient (Wildman–Crippen LogP) is 9.68. The van der Waals surface area contributed by atoms with Crippen molar-refractivity contribution in [3.63, 3.8) is 0 Å². The lowest BCUT2D eigenvalue weighted by molar-refractivity contribution is -0.157. The van der Waals surface area contributed by atoms with Crippen molar-refractivity contribution >= 4 is 68.2 Å². The summed E-state index contributed by atoms with van der Waals surface area (Å²) in [4.78, 5) is 84.9. The van der Waals surface area contributed by atoms with Crippen LogP contribution in [0.4, 0.5) is 10.5 Å². The molecule has 2 aliphatic rings. The molecule has 2 N–H and O–H groups in total. The number of hydrogen-bond acceptors (Lipinski definition) is 9. The Kier molecular flexibility index (Phi) is 14.5. The number of benzene rings is 4. The van der Waals surface area contributed by atoms with E-state index < -0.39 is 47.3 Å². The van der Waals surface area contributed by atoms with Gasteiger partial charge in [0.25, 0.3) is 5.91 Å². The van der Waals surface area contributed by atoms with Crippen molar-refractivity contribution in [2.45, 2.75) is 115 Å². The molecule has 2 aliphatic heterocycles. The summed E-state index contributed by atoms with van der Waals surface area (Å²) in [6.45, 7) is 11.4. The maximum absolute atomic E-state index is 14.1. The Bertz CT molecular complexity index is 2580. The van der Waals surface area contributed by atoms with E-state index in [1.54, 1.807) is 87.7 Å². The van der Waals surface area contributed by atoms with Crippen LogP contribution in [-0.4, -0.2) is 81.7 Å². The Morgan fingerprint density at radius 1 is 0.727 bits per heavy atom. The second-order valence-corrected chi connectivity index (χ2v) is 19.7. The Morgan fingerprint density at radius 2 is 1.32 bits per heavy atom. The van der Waals surface area contributed by atoms with Gasteiger partial charge in [0.1, 0.15) is 34.6 Å². The third kappa shape index (κ3) is 11.6. The van der Waals surface area contributed by atoms with E-state index in [1.165, 1.54) is 0 Å². The average molecular weight is 962 g/mol. The van der Waals surface area contributed by atoms with E-state index in [-0.39, 0.29) is 36.3 Å². The summed E-state index contributed by atoms with van der Waals surface area (Å²) in [5.74, 6) is -1.80. The standard InChI is InChI=1S/C52H57BrN4O9/c1-51(2,3)65-43(59)31-37(33-15-9-7-10-16-33)48(61)57-28-14-20-40(57)47(60)54-36-24-22-35(23-25-36)46-44(53)38-29-32(21-26-42(38)64-46)30-41(58)39-19-13-27-56(39)49(62)45(34-17-11-8-12-18-34)55-50(63)66-52(4,5)6/h7-12,15-18,21-26,29,37,39-40,45H,13-14,19-20,27-28,30-31H2,1-6H3,(H,54,60)(H,55,63)/t37-,39-,40-,45-/m0/s1. The molecule has 2 fully saturated rings. The summed E-state index contributed by atoms with van der Waals surface area (Å²) in [7, 11) is 0. The number of carbonyl (C=O) groups is 6. The van der Waals surface area contributed by atoms with E-state index in [1.807, 2.05) is 66.7 Å². The molecule has 2 saturated heterocycles. The van der Waals surface area contributed by atoms with Crippen molar-refractivity contribution in [2.24, 2.45) is 0 Å². The molecule has 14 heteroatoms. The number of nitrogens with one attached hydrogen (secondary N) is 2. The van der Waals surface area contributed by atoms with Crippen molar-refractivity contribution in [1.29, 1.82) is 0 Å². The fourth-order valence-corrected chi connectivity index (χ4v) is 9.26. The van der Waals surface area contributed by atoms with Crippen LogP contribution in [0.1, 0.15) is 102 Å². The molecule has 4 amide bonds. The molecule has 4 atom stereocenters. The minimum atomic E-state index is -1.03. The maximum atomic E-state index is 14.1. The monoisotopic (exact) mass is 960 g/mol. The van der Waals surface area contributed by atoms with Gasteiger partial charge < -0.3 is 34.3 Å². The van der Waals surface area contributed by atoms with Crippen molar-refractivity contribution < 1.29 is 42.7 Å². The predicted molar refractivity (Wildman–Crippen MR) is 254 cm³/mol. The Hall–Kier alpha value is -6.28. The first-order valence-corrected chi connectivity index (χ1v) is 23.2. The molecule has 4 aromatic carbocycles. The third-order valence-corrected chi connectivity index (χ3v) is 12.3. The largest absolute Gasteiger partial charge is 0.460 e. The number of anilines is 1. The summed E-state index contributed by atoms with van der Waals surface area (Å²) in [5, 5.41) is 6.49. The number of likely N-dealkylation sites (tertiary alicyclic amines) is 2. The highest BCUT2D eigenvalue weighted by molar-refractivity contribution is 9.10. The molecule has 13 nitrogen and oxygen atoms in total. The minimum absolute atomic E-state index is 0.0852. The fraction of sp³-hybridized carbons (Fsp3) is 0.385. The number of esters is 1. The normalized spacial score (nSPS) is 17.3. The van der Waals surface area contributed by atoms with E-state index in [4.69, 9.17) is 13.9 Å². The fourth-order valence-electron chi connectivity index (χ4n) is 8.64. The zero-order chi connectivity index (χ0) is 47.3. The molecular weight excluding hydrogens is 904 g/mol. The van der Waals surface area contributed by atoms with E-state index in [0.29, 0.717) is 71.4 Å². The van der Waals surface area contributed by atoms with Crippen molar-refractivity contribution in [1.82, 2.24) is 15.1 Å². The molecule has 5 aromatic rings. The summed E-state index contributed by atoms with van der Waals surface area (Å²) in [5.41, 5.74) is 2.45. The number of fused-ring (bicyclic) bond motifs is 1. The highest BCUT2D eigenvalue weighted by Gasteiger charge is 2.40. The number of ketones is 1. The molecule has 7 rings (SSSR count). The van der Waals surface area contributed by atoms with Gasteiger partial charge in [-0.15, -0.1) is 0 Å². The number of halogens is 1. The van der Waals surface area contributed by atoms with Gasteiger partial charge in [-0.3, -0.25) is 24.0 Å². The smallest absolute Gasteiger partial charge is 0.408 e. The molecular formula is C52H57BrN4O9. The van der Waals surface area contributed by atoms with Gasteiger partial charge in [0.2, 0.25) is 11.8 Å². The lowest BCUT2D eigenvalue weighted by Gasteiger charge is -2.29. The average Bonchev–Trinajstić information content (AvgIpc) is 4.04. The van der Waals surface area contributed by atoms with Gasteiger partial charge in [0.05, 0.1) is 22.9 Å². The number of alkyl carbamates (subject to hydrolysis) is 1. The number of nitrogens with zero attached hydrogens (tertiary/aromatic N) is 2. The van der Waals surface area contributed by atoms with Crippen LogP contribution in [0, 0.1) is 0 Å². The number of Topliss-reactive ketones (excluding diaryl/α,β-unsaturated/α-hetero) is 1. The Labute approximate surface area is 393 Å². The van der Waals surface area contributed by atoms with E-state index >= 15 is 0 Å². The van der Waals surface area contributed by atoms with Crippen LogP contribution in [0.25, 0.3) is 22.3 Å². The van der Waals surface area contributed by atoms with E-state index in [0.717, 1.165) is 16.5 Å². The van der Waals surface area contributed by atoms with Crippen LogP contribution in [0.5, 0.6) is 0 Å². The second-order valence-electron chi connectivity index (χ2n) is 18.9. The van der Waals surface area contributed by atoms with E-state index in [9.17, 15) is 28.8 Å². The third-order valence-electron chi connectivity index (χ3n) is 11.6. The van der Waals surface area contributed by atoms with Crippen molar-refractivity contribution in [3.8, 4) is 11.3 Å². The molecule has 0 spiro atoms. The van der Waals surface area contributed by atoms with Gasteiger partial charge in [-0.25, -0.2) is 4.79 Å². The van der Waals surface area contributed by atoms with Gasteiger partial charge in [0.15, 0.2) is 5.78 Å². The lowest BCUT2D eigenvalue weighted by Crippen LogP contribution is -2.48. The number of hydrogen-bond donors (Lipinski definition) is 2. The SMILES string of the molecule is CC(C)(C)OC(=O)C[C@H](C(=O)N1CCC[C@H]1C(=O)Nc1ccc(-c2oc3ccc(CC(=O)[C@@H]4CCCN4C(=O)[C@@H](NC(=O)OC(C)(C)C)c4ccccc4)cc3c2Br)cc1)c1ccccc1. The molecule has 0 aliphatic carbocycles. The topological polar surface area (TPSA) is 165 Å². The van der Waals surface area contributed by atoms with Crippen LogP contribution in [0.3, 0.4) is 0 Å². The van der Waals surface area contributed by atoms with Gasteiger partial charge in [-0.2, -0.15) is 0 Å². The number of ether oxygens (including phenoxy) is 2.